The number of nitrogens with one attached hydrogen (secondary N) is 1. The summed E-state index contributed by atoms with van der Waals surface area (Å²) in [6.07, 6.45) is 1.23. The number of ether oxygens (including phenoxy) is 1. The van der Waals surface area contributed by atoms with Gasteiger partial charge in [0, 0.05) is 6.42 Å². The van der Waals surface area contributed by atoms with E-state index in [-0.39, 0.29) is 11.7 Å². The third-order valence-electron chi connectivity index (χ3n) is 2.20. The highest BCUT2D eigenvalue weighted by Gasteiger charge is 2.31. The van der Waals surface area contributed by atoms with Gasteiger partial charge >= 0.3 is 11.7 Å². The summed E-state index contributed by atoms with van der Waals surface area (Å²) in [4.78, 5) is 22.4. The zero-order chi connectivity index (χ0) is 11.4. The van der Waals surface area contributed by atoms with Gasteiger partial charge in [-0.2, -0.15) is 5.10 Å². The molecular weight excluding hydrogens is 198 g/mol. The maximum atomic E-state index is 11.2. The second-order valence-corrected chi connectivity index (χ2v) is 2.89. The average Bonchev–Trinajstić information content (AvgIpc) is 2.84. The average molecular weight is 213 g/mol. The lowest BCUT2D eigenvalue weighted by Gasteiger charge is -2.07. The third kappa shape index (κ3) is 1.93. The van der Waals surface area contributed by atoms with E-state index in [1.54, 1.807) is 0 Å². The van der Waals surface area contributed by atoms with Gasteiger partial charge in [0.05, 0.1) is 7.11 Å². The lowest BCUT2D eigenvalue weighted by Crippen LogP contribution is -2.26. The number of hydrogen-bond donors (Lipinski definition) is 1. The van der Waals surface area contributed by atoms with E-state index < -0.39 is 6.04 Å². The molecule has 1 aliphatic rings. The molecule has 0 bridgehead atoms. The maximum absolute atomic E-state index is 11.2. The highest BCUT2D eigenvalue weighted by molar-refractivity contribution is 5.74. The van der Waals surface area contributed by atoms with Crippen molar-refractivity contribution < 1.29 is 9.53 Å². The number of methoxy groups -OCH3 is 1. The van der Waals surface area contributed by atoms with Gasteiger partial charge in [-0.1, -0.05) is 13.8 Å². The first-order valence-corrected chi connectivity index (χ1v) is 4.97. The fourth-order valence-electron chi connectivity index (χ4n) is 1.59. The molecule has 0 fully saturated rings. The summed E-state index contributed by atoms with van der Waals surface area (Å²) >= 11 is 0. The van der Waals surface area contributed by atoms with Crippen molar-refractivity contribution in [3.05, 3.63) is 16.3 Å². The Balaban J connectivity index is 0.000000531. The normalized spacial score (nSPS) is 17.7. The SMILES string of the molecule is CC.COC(=O)C1CCc2n[nH]c(=O)n21. The minimum Gasteiger partial charge on any atom is -0.467 e. The van der Waals surface area contributed by atoms with Crippen LogP contribution in [0.1, 0.15) is 32.1 Å². The molecule has 1 unspecified atom stereocenters. The molecule has 2 rings (SSSR count). The number of carbonyl (C=O) groups excluding carboxylic acids is 1. The van der Waals surface area contributed by atoms with Crippen LogP contribution in [0.3, 0.4) is 0 Å². The monoisotopic (exact) mass is 213 g/mol. The molecule has 15 heavy (non-hydrogen) atoms. The Labute approximate surface area is 87.2 Å². The largest absolute Gasteiger partial charge is 0.467 e. The molecule has 6 heteroatoms. The number of fused-ring (bicyclic) bond motifs is 1. The van der Waals surface area contributed by atoms with Gasteiger partial charge in [-0.05, 0) is 6.42 Å². The molecule has 0 aliphatic carbocycles. The summed E-state index contributed by atoms with van der Waals surface area (Å²) in [6.45, 7) is 4.00. The van der Waals surface area contributed by atoms with Crippen LogP contribution in [0.4, 0.5) is 0 Å². The van der Waals surface area contributed by atoms with Crippen LogP contribution in [-0.4, -0.2) is 27.8 Å². The molecule has 0 amide bonds. The smallest absolute Gasteiger partial charge is 0.344 e. The molecule has 1 aromatic rings. The van der Waals surface area contributed by atoms with Gasteiger partial charge < -0.3 is 4.74 Å². The van der Waals surface area contributed by atoms with Gasteiger partial charge in [-0.15, -0.1) is 0 Å². The van der Waals surface area contributed by atoms with Crippen molar-refractivity contribution in [3.8, 4) is 0 Å². The topological polar surface area (TPSA) is 77.0 Å². The fraction of sp³-hybridized carbons (Fsp3) is 0.667. The van der Waals surface area contributed by atoms with E-state index in [4.69, 9.17) is 0 Å². The first kappa shape index (κ1) is 11.5. The number of aromatic nitrogens is 3. The van der Waals surface area contributed by atoms with Gasteiger partial charge in [-0.25, -0.2) is 14.7 Å². The number of H-pyrrole nitrogens is 1. The molecule has 0 saturated heterocycles. The summed E-state index contributed by atoms with van der Waals surface area (Å²) in [5.74, 6) is 0.239. The molecule has 0 aromatic carbocycles. The first-order valence-electron chi connectivity index (χ1n) is 4.97. The molecule has 2 heterocycles. The predicted octanol–water partition coefficient (Wildman–Crippen LogP) is 0.258. The van der Waals surface area contributed by atoms with Crippen LogP contribution in [0.2, 0.25) is 0 Å². The number of aryl methyl sites for hydroxylation is 1. The molecule has 1 N–H and O–H groups in total. The van der Waals surface area contributed by atoms with Crippen LogP contribution in [0.5, 0.6) is 0 Å². The van der Waals surface area contributed by atoms with Crippen molar-refractivity contribution >= 4 is 5.97 Å². The molecule has 1 aliphatic heterocycles. The molecule has 1 aromatic heterocycles. The number of carbonyl (C=O) groups is 1. The highest BCUT2D eigenvalue weighted by atomic mass is 16.5. The van der Waals surface area contributed by atoms with E-state index >= 15 is 0 Å². The minimum absolute atomic E-state index is 0.345. The zero-order valence-corrected chi connectivity index (χ0v) is 9.11. The summed E-state index contributed by atoms with van der Waals surface area (Å²) in [5, 5.41) is 6.08. The Morgan fingerprint density at radius 3 is 2.87 bits per heavy atom. The van der Waals surface area contributed by atoms with Crippen molar-refractivity contribution in [2.24, 2.45) is 0 Å². The number of nitrogens with zero attached hydrogens (tertiary/aromatic N) is 2. The highest BCUT2D eigenvalue weighted by Crippen LogP contribution is 2.22. The summed E-state index contributed by atoms with van der Waals surface area (Å²) in [5.41, 5.74) is -0.345. The van der Waals surface area contributed by atoms with Crippen molar-refractivity contribution in [1.82, 2.24) is 14.8 Å². The molecule has 1 atom stereocenters. The summed E-state index contributed by atoms with van der Waals surface area (Å²) in [7, 11) is 1.31. The Morgan fingerprint density at radius 2 is 2.27 bits per heavy atom. The first-order chi connectivity index (χ1) is 7.24. The molecular formula is C9H15N3O3. The maximum Gasteiger partial charge on any atom is 0.344 e. The number of aromatic amines is 1. The Morgan fingerprint density at radius 1 is 1.60 bits per heavy atom. The predicted molar refractivity (Wildman–Crippen MR) is 53.6 cm³/mol. The van der Waals surface area contributed by atoms with E-state index in [1.807, 2.05) is 13.8 Å². The van der Waals surface area contributed by atoms with Crippen LogP contribution < -0.4 is 5.69 Å². The molecule has 0 spiro atoms. The van der Waals surface area contributed by atoms with Gasteiger partial charge in [-0.3, -0.25) is 4.57 Å². The summed E-state index contributed by atoms with van der Waals surface area (Å²) in [6, 6.07) is -0.494. The van der Waals surface area contributed by atoms with E-state index in [1.165, 1.54) is 11.7 Å². The van der Waals surface area contributed by atoms with Crippen LogP contribution in [0.25, 0.3) is 0 Å². The van der Waals surface area contributed by atoms with Gasteiger partial charge in [0.25, 0.3) is 0 Å². The van der Waals surface area contributed by atoms with E-state index in [9.17, 15) is 9.59 Å². The van der Waals surface area contributed by atoms with Crippen molar-refractivity contribution in [1.29, 1.82) is 0 Å². The quantitative estimate of drug-likeness (QED) is 0.679. The van der Waals surface area contributed by atoms with Crippen molar-refractivity contribution in [2.45, 2.75) is 32.7 Å². The van der Waals surface area contributed by atoms with Crippen LogP contribution in [-0.2, 0) is 16.0 Å². The second kappa shape index (κ2) is 4.77. The van der Waals surface area contributed by atoms with Crippen molar-refractivity contribution in [2.75, 3.05) is 7.11 Å². The number of hydrogen-bond acceptors (Lipinski definition) is 4. The fourth-order valence-corrected chi connectivity index (χ4v) is 1.59. The zero-order valence-electron chi connectivity index (χ0n) is 9.11. The number of esters is 1. The van der Waals surface area contributed by atoms with Crippen LogP contribution in [0.15, 0.2) is 4.79 Å². The van der Waals surface area contributed by atoms with Gasteiger partial charge in [0.1, 0.15) is 11.9 Å². The summed E-state index contributed by atoms with van der Waals surface area (Å²) < 4.78 is 5.93. The van der Waals surface area contributed by atoms with Crippen molar-refractivity contribution in [3.63, 3.8) is 0 Å². The molecule has 0 saturated carbocycles. The lowest BCUT2D eigenvalue weighted by atomic mass is 10.2. The standard InChI is InChI=1S/C7H9N3O3.C2H6/c1-13-6(11)4-2-3-5-8-9-7(12)10(4)5;1-2/h4H,2-3H2,1H3,(H,9,12);1-2H3. The Kier molecular flexibility index (Phi) is 3.65. The van der Waals surface area contributed by atoms with E-state index in [0.29, 0.717) is 18.7 Å². The minimum atomic E-state index is -0.494. The third-order valence-corrected chi connectivity index (χ3v) is 2.20. The second-order valence-electron chi connectivity index (χ2n) is 2.89. The van der Waals surface area contributed by atoms with Gasteiger partial charge in [0.2, 0.25) is 0 Å². The van der Waals surface area contributed by atoms with Gasteiger partial charge in [0.15, 0.2) is 0 Å². The molecule has 84 valence electrons. The van der Waals surface area contributed by atoms with E-state index in [0.717, 1.165) is 0 Å². The van der Waals surface area contributed by atoms with Crippen LogP contribution in [0, 0.1) is 0 Å². The Bertz CT molecular complexity index is 394. The van der Waals surface area contributed by atoms with Crippen LogP contribution >= 0.6 is 0 Å². The number of rotatable bonds is 1. The Hall–Kier alpha value is -1.59. The molecule has 0 radical (unpaired) electrons. The molecule has 6 nitrogen and oxygen atoms in total. The van der Waals surface area contributed by atoms with E-state index in [2.05, 4.69) is 14.9 Å². The lowest BCUT2D eigenvalue weighted by molar-refractivity contribution is -0.144.